The highest BCUT2D eigenvalue weighted by atomic mass is 32.2. The monoisotopic (exact) mass is 354 g/mol. The van der Waals surface area contributed by atoms with Crippen molar-refractivity contribution in [2.45, 2.75) is 26.2 Å². The van der Waals surface area contributed by atoms with Crippen LogP contribution in [-0.2, 0) is 15.0 Å². The van der Waals surface area contributed by atoms with E-state index < -0.39 is 0 Å². The molecular formula is C20H22N2O2S. The molecule has 0 bridgehead atoms. The van der Waals surface area contributed by atoms with Gasteiger partial charge in [-0.05, 0) is 52.1 Å². The molecule has 0 aliphatic heterocycles. The fourth-order valence-electron chi connectivity index (χ4n) is 2.33. The maximum atomic E-state index is 11.8. The molecule has 0 spiro atoms. The number of amides is 1. The number of hydrogen-bond donors (Lipinski definition) is 1. The molecule has 1 aromatic carbocycles. The zero-order valence-electron chi connectivity index (χ0n) is 14.9. The normalized spacial score (nSPS) is 11.9. The molecule has 4 nitrogen and oxygen atoms in total. The first-order valence-electron chi connectivity index (χ1n) is 7.96. The first-order chi connectivity index (χ1) is 11.8. The van der Waals surface area contributed by atoms with Gasteiger partial charge in [0.05, 0.1) is 10.6 Å². The Morgan fingerprint density at radius 3 is 2.36 bits per heavy atom. The summed E-state index contributed by atoms with van der Waals surface area (Å²) in [5.74, 6) is -0.307. The van der Waals surface area contributed by atoms with Crippen molar-refractivity contribution in [3.05, 3.63) is 58.8 Å². The van der Waals surface area contributed by atoms with E-state index in [0.29, 0.717) is 16.2 Å². The van der Waals surface area contributed by atoms with E-state index in [9.17, 15) is 9.59 Å². The van der Waals surface area contributed by atoms with Gasteiger partial charge in [-0.15, -0.1) is 0 Å². The Balaban J connectivity index is 2.35. The first-order valence-corrected chi connectivity index (χ1v) is 8.84. The number of nitrogens with one attached hydrogen (secondary N) is 1. The number of carbonyl (C=O) groups is 2. The van der Waals surface area contributed by atoms with Gasteiger partial charge in [-0.1, -0.05) is 45.0 Å². The molecule has 0 radical (unpaired) electrons. The molecule has 2 aromatic rings. The van der Waals surface area contributed by atoms with Crippen LogP contribution in [-0.4, -0.2) is 23.6 Å². The molecule has 130 valence electrons. The van der Waals surface area contributed by atoms with Crippen LogP contribution in [0.3, 0.4) is 0 Å². The third kappa shape index (κ3) is 5.03. The van der Waals surface area contributed by atoms with Crippen LogP contribution in [0.25, 0.3) is 17.2 Å². The molecule has 1 heterocycles. The van der Waals surface area contributed by atoms with E-state index >= 15 is 0 Å². The molecule has 1 amide bonds. The summed E-state index contributed by atoms with van der Waals surface area (Å²) >= 11 is 0.839. The highest BCUT2D eigenvalue weighted by Gasteiger charge is 2.13. The highest BCUT2D eigenvalue weighted by molar-refractivity contribution is 8.16. The van der Waals surface area contributed by atoms with Gasteiger partial charge in [-0.2, -0.15) is 0 Å². The number of aromatic nitrogens is 1. The molecule has 0 atom stereocenters. The van der Waals surface area contributed by atoms with Crippen molar-refractivity contribution in [2.24, 2.45) is 0 Å². The lowest BCUT2D eigenvalue weighted by atomic mass is 9.86. The fourth-order valence-corrected chi connectivity index (χ4v) is 2.83. The Kier molecular flexibility index (Phi) is 6.15. The van der Waals surface area contributed by atoms with Gasteiger partial charge in [0, 0.05) is 13.2 Å². The van der Waals surface area contributed by atoms with Gasteiger partial charge in [0.25, 0.3) is 5.91 Å². The van der Waals surface area contributed by atoms with Crippen LogP contribution in [0.4, 0.5) is 0 Å². The second kappa shape index (κ2) is 8.12. The van der Waals surface area contributed by atoms with Gasteiger partial charge in [0.15, 0.2) is 5.62 Å². The van der Waals surface area contributed by atoms with Crippen molar-refractivity contribution in [3.63, 3.8) is 0 Å². The van der Waals surface area contributed by atoms with Gasteiger partial charge in [0.2, 0.25) is 0 Å². The summed E-state index contributed by atoms with van der Waals surface area (Å²) in [4.78, 5) is 27.1. The van der Waals surface area contributed by atoms with Crippen LogP contribution < -0.4 is 5.32 Å². The maximum absolute atomic E-state index is 11.8. The van der Waals surface area contributed by atoms with E-state index in [2.05, 4.69) is 55.3 Å². The number of pyridine rings is 1. The summed E-state index contributed by atoms with van der Waals surface area (Å²) in [5, 5.41) is 2.52. The van der Waals surface area contributed by atoms with E-state index in [1.54, 1.807) is 12.3 Å². The van der Waals surface area contributed by atoms with Gasteiger partial charge in [0.1, 0.15) is 0 Å². The van der Waals surface area contributed by atoms with Gasteiger partial charge in [-0.3, -0.25) is 14.6 Å². The second-order valence-electron chi connectivity index (χ2n) is 6.60. The summed E-state index contributed by atoms with van der Waals surface area (Å²) in [6.45, 7) is 6.55. The van der Waals surface area contributed by atoms with Crippen LogP contribution in [0.1, 0.15) is 32.0 Å². The summed E-state index contributed by atoms with van der Waals surface area (Å²) in [5.41, 5.74) is 4.73. The zero-order chi connectivity index (χ0) is 18.4. The molecule has 25 heavy (non-hydrogen) atoms. The van der Waals surface area contributed by atoms with Gasteiger partial charge >= 0.3 is 0 Å². The van der Waals surface area contributed by atoms with E-state index in [1.165, 1.54) is 12.6 Å². The Morgan fingerprint density at radius 2 is 1.80 bits per heavy atom. The molecule has 1 N–H and O–H groups in total. The third-order valence-corrected chi connectivity index (χ3v) is 4.42. The average molecular weight is 354 g/mol. The number of hydrogen-bond acceptors (Lipinski definition) is 4. The molecule has 0 aliphatic carbocycles. The van der Waals surface area contributed by atoms with Crippen molar-refractivity contribution >= 4 is 29.4 Å². The lowest BCUT2D eigenvalue weighted by Gasteiger charge is -2.19. The third-order valence-electron chi connectivity index (χ3n) is 3.77. The Labute approximate surface area is 152 Å². The predicted molar refractivity (Wildman–Crippen MR) is 105 cm³/mol. The minimum absolute atomic E-state index is 0.110. The summed E-state index contributed by atoms with van der Waals surface area (Å²) in [6.07, 6.45) is 3.32. The molecule has 0 aliphatic rings. The smallest absolute Gasteiger partial charge is 0.257 e. The largest absolute Gasteiger partial charge is 0.355 e. The Morgan fingerprint density at radius 1 is 1.12 bits per heavy atom. The summed E-state index contributed by atoms with van der Waals surface area (Å²) in [6, 6.07) is 12.3. The molecule has 0 saturated carbocycles. The number of likely N-dealkylation sites (N-methyl/N-ethyl adjacent to an activating group) is 1. The second-order valence-corrected chi connectivity index (χ2v) is 7.47. The molecule has 5 heteroatoms. The van der Waals surface area contributed by atoms with Crippen molar-refractivity contribution < 1.29 is 9.59 Å². The molecular weight excluding hydrogens is 332 g/mol. The lowest BCUT2D eigenvalue weighted by Crippen LogP contribution is -2.18. The average Bonchev–Trinajstić information content (AvgIpc) is 2.60. The minimum Gasteiger partial charge on any atom is -0.355 e. The lowest BCUT2D eigenvalue weighted by molar-refractivity contribution is -0.116. The van der Waals surface area contributed by atoms with Gasteiger partial charge in [-0.25, -0.2) is 0 Å². The van der Waals surface area contributed by atoms with Crippen molar-refractivity contribution in [1.29, 1.82) is 0 Å². The molecule has 0 saturated heterocycles. The Bertz CT molecular complexity index is 790. The van der Waals surface area contributed by atoms with E-state index in [4.69, 9.17) is 0 Å². The maximum Gasteiger partial charge on any atom is 0.257 e. The molecule has 0 unspecified atom stereocenters. The highest BCUT2D eigenvalue weighted by Crippen LogP contribution is 2.27. The van der Waals surface area contributed by atoms with Crippen molar-refractivity contribution in [2.75, 3.05) is 7.05 Å². The topological polar surface area (TPSA) is 59.1 Å². The Hall–Kier alpha value is -2.40. The molecule has 0 fully saturated rings. The van der Waals surface area contributed by atoms with Crippen molar-refractivity contribution in [3.8, 4) is 11.1 Å². The number of nitrogens with zero attached hydrogens (tertiary/aromatic N) is 1. The summed E-state index contributed by atoms with van der Waals surface area (Å²) < 4.78 is 0. The fraction of sp³-hybridized carbons (Fsp3) is 0.250. The SMILES string of the molecule is CNC(=O)/C(=C/c1cc(-c2ccc(C(C)(C)C)cc2)ccn1)SC=O. The van der Waals surface area contributed by atoms with E-state index in [0.717, 1.165) is 22.9 Å². The van der Waals surface area contributed by atoms with E-state index in [1.807, 2.05) is 12.1 Å². The van der Waals surface area contributed by atoms with Crippen LogP contribution in [0.2, 0.25) is 0 Å². The molecule has 2 rings (SSSR count). The number of rotatable bonds is 5. The summed E-state index contributed by atoms with van der Waals surface area (Å²) in [7, 11) is 1.53. The first kappa shape index (κ1) is 18.9. The van der Waals surface area contributed by atoms with Gasteiger partial charge < -0.3 is 5.32 Å². The number of thioether (sulfide) groups is 1. The quantitative estimate of drug-likeness (QED) is 0.650. The number of benzene rings is 1. The van der Waals surface area contributed by atoms with Crippen LogP contribution in [0.5, 0.6) is 0 Å². The van der Waals surface area contributed by atoms with Crippen LogP contribution >= 0.6 is 11.8 Å². The minimum atomic E-state index is -0.307. The van der Waals surface area contributed by atoms with E-state index in [-0.39, 0.29) is 11.3 Å². The predicted octanol–water partition coefficient (Wildman–Crippen LogP) is 4.06. The standard InChI is InChI=1S/C20H22N2O2S/c1-20(2,3)16-7-5-14(6-8-16)15-9-10-22-17(11-15)12-18(25-13-23)19(24)21-4/h5-13H,1-4H3,(H,21,24)/b18-12-. The van der Waals surface area contributed by atoms with Crippen molar-refractivity contribution in [1.82, 2.24) is 10.3 Å². The molecule has 1 aromatic heterocycles. The number of carbonyl (C=O) groups excluding carboxylic acids is 2. The van der Waals surface area contributed by atoms with Crippen LogP contribution in [0.15, 0.2) is 47.5 Å². The van der Waals surface area contributed by atoms with Crippen LogP contribution in [0, 0.1) is 0 Å². The zero-order valence-corrected chi connectivity index (χ0v) is 15.7.